The van der Waals surface area contributed by atoms with Crippen LogP contribution < -0.4 is 10.1 Å². The average Bonchev–Trinajstić information content (AvgIpc) is 3.02. The summed E-state index contributed by atoms with van der Waals surface area (Å²) in [6.45, 7) is 5.94. The first kappa shape index (κ1) is 19.1. The van der Waals surface area contributed by atoms with Crippen LogP contribution in [0.2, 0.25) is 0 Å². The van der Waals surface area contributed by atoms with Crippen LogP contribution in [0.15, 0.2) is 33.8 Å². The van der Waals surface area contributed by atoms with Crippen molar-refractivity contribution in [3.05, 3.63) is 46.9 Å². The van der Waals surface area contributed by atoms with E-state index in [9.17, 15) is 4.79 Å². The Bertz CT molecular complexity index is 643. The molecule has 2 N–H and O–H groups in total. The van der Waals surface area contributed by atoms with Crippen molar-refractivity contribution in [2.45, 2.75) is 31.7 Å². The Balaban J connectivity index is 0.000000231. The van der Waals surface area contributed by atoms with Crippen LogP contribution in [0.25, 0.3) is 0 Å². The van der Waals surface area contributed by atoms with Gasteiger partial charge in [0.1, 0.15) is 17.8 Å². The minimum Gasteiger partial charge on any atom is -0.497 e. The lowest BCUT2D eigenvalue weighted by molar-refractivity contribution is 0.0696. The fourth-order valence-corrected chi connectivity index (χ4v) is 2.00. The SMILES string of the molecule is CNC(C)c1cc(C(=O)O)co1.COc1cc(C)c(S)c(C)c1. The molecule has 0 aliphatic carbocycles. The molecule has 5 nitrogen and oxygen atoms in total. The van der Waals surface area contributed by atoms with Gasteiger partial charge in [0.25, 0.3) is 0 Å². The summed E-state index contributed by atoms with van der Waals surface area (Å²) < 4.78 is 10.1. The molecule has 1 heterocycles. The van der Waals surface area contributed by atoms with E-state index in [4.69, 9.17) is 14.3 Å². The van der Waals surface area contributed by atoms with Crippen LogP contribution in [0.3, 0.4) is 0 Å². The van der Waals surface area contributed by atoms with E-state index in [2.05, 4.69) is 17.9 Å². The standard InChI is InChI=1S/C9H12OS.C8H11NO3/c1-6-4-8(10-3)5-7(2)9(6)11;1-5(9-2)7-3-6(4-12-7)8(10)11/h4-5,11H,1-3H3;3-5,9H,1-2H3,(H,10,11). The number of thiol groups is 1. The zero-order chi connectivity index (χ0) is 17.6. The van der Waals surface area contributed by atoms with Gasteiger partial charge in [0.05, 0.1) is 18.7 Å². The smallest absolute Gasteiger partial charge is 0.338 e. The van der Waals surface area contributed by atoms with E-state index in [0.717, 1.165) is 21.8 Å². The van der Waals surface area contributed by atoms with Crippen LogP contribution >= 0.6 is 12.6 Å². The van der Waals surface area contributed by atoms with Crippen molar-refractivity contribution in [3.63, 3.8) is 0 Å². The van der Waals surface area contributed by atoms with Gasteiger partial charge < -0.3 is 19.6 Å². The second kappa shape index (κ2) is 8.64. The number of hydrogen-bond donors (Lipinski definition) is 3. The van der Waals surface area contributed by atoms with Crippen LogP contribution in [0.4, 0.5) is 0 Å². The first-order valence-electron chi connectivity index (χ1n) is 7.13. The third kappa shape index (κ3) is 5.33. The highest BCUT2D eigenvalue weighted by atomic mass is 32.1. The zero-order valence-electron chi connectivity index (χ0n) is 14.0. The minimum atomic E-state index is -0.965. The van der Waals surface area contributed by atoms with E-state index < -0.39 is 5.97 Å². The van der Waals surface area contributed by atoms with Crippen LogP contribution in [-0.2, 0) is 0 Å². The Hall–Kier alpha value is -1.92. The van der Waals surface area contributed by atoms with E-state index in [1.807, 2.05) is 32.9 Å². The van der Waals surface area contributed by atoms with Gasteiger partial charge in [-0.3, -0.25) is 0 Å². The number of nitrogens with one attached hydrogen (secondary N) is 1. The Morgan fingerprint density at radius 2 is 1.87 bits per heavy atom. The van der Waals surface area contributed by atoms with Gasteiger partial charge in [0.15, 0.2) is 0 Å². The molecule has 6 heteroatoms. The van der Waals surface area contributed by atoms with Gasteiger partial charge in [0.2, 0.25) is 0 Å². The highest BCUT2D eigenvalue weighted by molar-refractivity contribution is 7.80. The van der Waals surface area contributed by atoms with Crippen LogP contribution in [0.1, 0.15) is 40.2 Å². The second-order valence-electron chi connectivity index (χ2n) is 5.16. The molecule has 0 spiro atoms. The third-order valence-electron chi connectivity index (χ3n) is 3.43. The normalized spacial score (nSPS) is 11.4. The summed E-state index contributed by atoms with van der Waals surface area (Å²) in [5, 5.41) is 11.5. The van der Waals surface area contributed by atoms with Crippen molar-refractivity contribution in [3.8, 4) is 5.75 Å². The molecular formula is C17H23NO4S. The van der Waals surface area contributed by atoms with E-state index in [1.54, 1.807) is 14.2 Å². The molecule has 0 bridgehead atoms. The Morgan fingerprint density at radius 3 is 2.26 bits per heavy atom. The lowest BCUT2D eigenvalue weighted by Crippen LogP contribution is -2.11. The zero-order valence-corrected chi connectivity index (χ0v) is 14.9. The molecule has 0 aliphatic rings. The summed E-state index contributed by atoms with van der Waals surface area (Å²) >= 11 is 4.34. The molecule has 0 saturated carbocycles. The van der Waals surface area contributed by atoms with Gasteiger partial charge in [-0.25, -0.2) is 4.79 Å². The molecule has 2 rings (SSSR count). The second-order valence-corrected chi connectivity index (χ2v) is 5.61. The largest absolute Gasteiger partial charge is 0.497 e. The molecule has 0 saturated heterocycles. The van der Waals surface area contributed by atoms with Gasteiger partial charge in [-0.1, -0.05) is 0 Å². The molecule has 0 aliphatic heterocycles. The highest BCUT2D eigenvalue weighted by Crippen LogP contribution is 2.23. The number of methoxy groups -OCH3 is 1. The van der Waals surface area contributed by atoms with Crippen molar-refractivity contribution in [2.24, 2.45) is 0 Å². The fourth-order valence-electron chi connectivity index (χ4n) is 1.87. The Morgan fingerprint density at radius 1 is 1.30 bits per heavy atom. The molecule has 1 atom stereocenters. The molecule has 2 aromatic rings. The maximum Gasteiger partial charge on any atom is 0.338 e. The molecule has 23 heavy (non-hydrogen) atoms. The molecule has 126 valence electrons. The number of aryl methyl sites for hydroxylation is 2. The number of ether oxygens (including phenoxy) is 1. The summed E-state index contributed by atoms with van der Waals surface area (Å²) in [6.07, 6.45) is 1.24. The van der Waals surface area contributed by atoms with Gasteiger partial charge in [-0.15, -0.1) is 12.6 Å². The van der Waals surface area contributed by atoms with Crippen LogP contribution in [-0.4, -0.2) is 25.2 Å². The van der Waals surface area contributed by atoms with E-state index in [-0.39, 0.29) is 11.6 Å². The average molecular weight is 337 g/mol. The Kier molecular flexibility index (Phi) is 7.19. The number of benzene rings is 1. The van der Waals surface area contributed by atoms with E-state index >= 15 is 0 Å². The summed E-state index contributed by atoms with van der Waals surface area (Å²) in [4.78, 5) is 11.5. The lowest BCUT2D eigenvalue weighted by Gasteiger charge is -2.06. The number of carboxylic acids is 1. The number of carboxylic acid groups (broad SMARTS) is 1. The van der Waals surface area contributed by atoms with Crippen molar-refractivity contribution < 1.29 is 19.1 Å². The topological polar surface area (TPSA) is 71.7 Å². The maximum absolute atomic E-state index is 10.4. The summed E-state index contributed by atoms with van der Waals surface area (Å²) in [5.41, 5.74) is 2.50. The van der Waals surface area contributed by atoms with Crippen molar-refractivity contribution in [1.82, 2.24) is 5.32 Å². The number of furan rings is 1. The molecule has 0 amide bonds. The summed E-state index contributed by atoms with van der Waals surface area (Å²) in [6, 6.07) is 5.52. The van der Waals surface area contributed by atoms with Crippen molar-refractivity contribution >= 4 is 18.6 Å². The molecule has 1 aromatic heterocycles. The van der Waals surface area contributed by atoms with Gasteiger partial charge in [-0.05, 0) is 57.1 Å². The first-order valence-corrected chi connectivity index (χ1v) is 7.58. The monoisotopic (exact) mass is 337 g/mol. The van der Waals surface area contributed by atoms with Gasteiger partial charge in [-0.2, -0.15) is 0 Å². The molecule has 1 unspecified atom stereocenters. The number of hydrogen-bond acceptors (Lipinski definition) is 5. The van der Waals surface area contributed by atoms with Crippen molar-refractivity contribution in [1.29, 1.82) is 0 Å². The van der Waals surface area contributed by atoms with E-state index in [1.165, 1.54) is 12.3 Å². The molecular weight excluding hydrogens is 314 g/mol. The quantitative estimate of drug-likeness (QED) is 0.739. The summed E-state index contributed by atoms with van der Waals surface area (Å²) in [7, 11) is 3.46. The predicted molar refractivity (Wildman–Crippen MR) is 92.9 cm³/mol. The van der Waals surface area contributed by atoms with Gasteiger partial charge >= 0.3 is 5.97 Å². The van der Waals surface area contributed by atoms with Crippen LogP contribution in [0.5, 0.6) is 5.75 Å². The maximum atomic E-state index is 10.4. The van der Waals surface area contributed by atoms with E-state index in [0.29, 0.717) is 5.76 Å². The first-order chi connectivity index (χ1) is 10.8. The number of aromatic carboxylic acids is 1. The van der Waals surface area contributed by atoms with Crippen molar-refractivity contribution in [2.75, 3.05) is 14.2 Å². The fraction of sp³-hybridized carbons (Fsp3) is 0.353. The third-order valence-corrected chi connectivity index (χ3v) is 4.13. The predicted octanol–water partition coefficient (Wildman–Crippen LogP) is 3.86. The number of carbonyl (C=O) groups is 1. The molecule has 1 aromatic carbocycles. The van der Waals surface area contributed by atoms with Crippen LogP contribution in [0, 0.1) is 13.8 Å². The molecule has 0 radical (unpaired) electrons. The highest BCUT2D eigenvalue weighted by Gasteiger charge is 2.11. The Labute approximate surface area is 142 Å². The summed E-state index contributed by atoms with van der Waals surface area (Å²) in [5.74, 6) is 0.570. The minimum absolute atomic E-state index is 0.0399. The van der Waals surface area contributed by atoms with Gasteiger partial charge in [0, 0.05) is 4.90 Å². The molecule has 0 fully saturated rings. The lowest BCUT2D eigenvalue weighted by atomic mass is 10.1. The number of rotatable bonds is 4.